The third-order valence-corrected chi connectivity index (χ3v) is 3.32. The summed E-state index contributed by atoms with van der Waals surface area (Å²) in [5, 5.41) is 9.61. The van der Waals surface area contributed by atoms with Gasteiger partial charge in [-0.3, -0.25) is 0 Å². The first-order valence-electron chi connectivity index (χ1n) is 5.69. The summed E-state index contributed by atoms with van der Waals surface area (Å²) in [7, 11) is 0. The number of carbonyl (C=O) groups is 1. The van der Waals surface area contributed by atoms with E-state index >= 15 is 0 Å². The van der Waals surface area contributed by atoms with Gasteiger partial charge in [0.2, 0.25) is 0 Å². The van der Waals surface area contributed by atoms with Crippen molar-refractivity contribution in [2.45, 2.75) is 23.2 Å². The quantitative estimate of drug-likeness (QED) is 0.937. The fourth-order valence-electron chi connectivity index (χ4n) is 1.53. The molecule has 21 heavy (non-hydrogen) atoms. The molecule has 0 spiro atoms. The van der Waals surface area contributed by atoms with Crippen molar-refractivity contribution in [3.05, 3.63) is 47.3 Å². The summed E-state index contributed by atoms with van der Waals surface area (Å²) in [5.74, 6) is -1.09. The zero-order valence-corrected chi connectivity index (χ0v) is 11.5. The monoisotopic (exact) mass is 314 g/mol. The van der Waals surface area contributed by atoms with E-state index in [9.17, 15) is 18.0 Å². The van der Waals surface area contributed by atoms with E-state index in [1.165, 1.54) is 18.2 Å². The molecule has 0 fully saturated rings. The molecule has 2 heterocycles. The maximum absolute atomic E-state index is 12.4. The molecule has 0 aromatic carbocycles. The van der Waals surface area contributed by atoms with Gasteiger partial charge in [0.15, 0.2) is 0 Å². The highest BCUT2D eigenvalue weighted by atomic mass is 32.2. The number of carboxylic acids is 1. The van der Waals surface area contributed by atoms with Crippen LogP contribution in [0, 0.1) is 6.92 Å². The third-order valence-electron chi connectivity index (χ3n) is 2.45. The normalized spacial score (nSPS) is 11.4. The van der Waals surface area contributed by atoms with E-state index in [4.69, 9.17) is 5.11 Å². The highest BCUT2D eigenvalue weighted by molar-refractivity contribution is 7.99. The van der Waals surface area contributed by atoms with Crippen LogP contribution in [0.4, 0.5) is 13.2 Å². The van der Waals surface area contributed by atoms with Crippen molar-refractivity contribution in [2.75, 3.05) is 0 Å². The number of rotatable bonds is 3. The minimum absolute atomic E-state index is 0.0666. The van der Waals surface area contributed by atoms with Gasteiger partial charge in [0, 0.05) is 11.9 Å². The van der Waals surface area contributed by atoms with Crippen LogP contribution in [0.5, 0.6) is 0 Å². The largest absolute Gasteiger partial charge is 0.478 e. The molecule has 0 aliphatic carbocycles. The second kappa shape index (κ2) is 5.72. The molecule has 0 unspecified atom stereocenters. The minimum Gasteiger partial charge on any atom is -0.478 e. The fourth-order valence-corrected chi connectivity index (χ4v) is 2.36. The molecule has 0 aliphatic heterocycles. The van der Waals surface area contributed by atoms with Gasteiger partial charge in [-0.2, -0.15) is 13.2 Å². The lowest BCUT2D eigenvalue weighted by Gasteiger charge is -2.07. The van der Waals surface area contributed by atoms with Crippen LogP contribution in [0.1, 0.15) is 21.6 Å². The lowest BCUT2D eigenvalue weighted by atomic mass is 10.2. The number of alkyl halides is 3. The average molecular weight is 314 g/mol. The maximum Gasteiger partial charge on any atom is 0.417 e. The zero-order chi connectivity index (χ0) is 15.6. The van der Waals surface area contributed by atoms with E-state index in [2.05, 4.69) is 9.97 Å². The van der Waals surface area contributed by atoms with E-state index in [-0.39, 0.29) is 5.56 Å². The topological polar surface area (TPSA) is 63.1 Å². The van der Waals surface area contributed by atoms with Gasteiger partial charge >= 0.3 is 12.1 Å². The third kappa shape index (κ3) is 3.94. The molecular weight excluding hydrogens is 305 g/mol. The zero-order valence-electron chi connectivity index (χ0n) is 10.7. The predicted octanol–water partition coefficient (Wildman–Crippen LogP) is 3.65. The summed E-state index contributed by atoms with van der Waals surface area (Å²) in [6.45, 7) is 1.64. The highest BCUT2D eigenvalue weighted by Crippen LogP contribution is 2.31. The highest BCUT2D eigenvalue weighted by Gasteiger charge is 2.30. The van der Waals surface area contributed by atoms with Gasteiger partial charge < -0.3 is 5.11 Å². The van der Waals surface area contributed by atoms with E-state index in [1.807, 2.05) is 0 Å². The van der Waals surface area contributed by atoms with Crippen molar-refractivity contribution in [3.63, 3.8) is 0 Å². The Kier molecular flexibility index (Phi) is 4.17. The van der Waals surface area contributed by atoms with E-state index < -0.39 is 17.7 Å². The fraction of sp³-hybridized carbons (Fsp3) is 0.154. The number of aryl methyl sites for hydroxylation is 1. The van der Waals surface area contributed by atoms with Crippen molar-refractivity contribution in [1.29, 1.82) is 0 Å². The van der Waals surface area contributed by atoms with Gasteiger partial charge in [-0.1, -0.05) is 11.8 Å². The minimum atomic E-state index is -4.44. The first-order chi connectivity index (χ1) is 9.75. The summed E-state index contributed by atoms with van der Waals surface area (Å²) in [5.41, 5.74) is -0.267. The SMILES string of the molecule is Cc1cc(C(=O)O)cc(Sc2ccc(C(F)(F)F)cn2)n1. The van der Waals surface area contributed by atoms with Crippen molar-refractivity contribution < 1.29 is 23.1 Å². The Bertz CT molecular complexity index is 672. The number of hydrogen-bond donors (Lipinski definition) is 1. The van der Waals surface area contributed by atoms with Gasteiger partial charge in [0.25, 0.3) is 0 Å². The van der Waals surface area contributed by atoms with Gasteiger partial charge in [0.05, 0.1) is 11.1 Å². The Balaban J connectivity index is 2.24. The molecule has 0 aliphatic rings. The molecule has 2 aromatic heterocycles. The van der Waals surface area contributed by atoms with E-state index in [0.29, 0.717) is 15.7 Å². The average Bonchev–Trinajstić information content (AvgIpc) is 2.37. The van der Waals surface area contributed by atoms with Crippen LogP contribution >= 0.6 is 11.8 Å². The second-order valence-corrected chi connectivity index (χ2v) is 5.17. The molecule has 2 rings (SSSR count). The molecule has 0 radical (unpaired) electrons. The first-order valence-corrected chi connectivity index (χ1v) is 6.50. The molecule has 0 saturated heterocycles. The molecule has 4 nitrogen and oxygen atoms in total. The molecule has 8 heteroatoms. The molecule has 0 bridgehead atoms. The van der Waals surface area contributed by atoms with Crippen molar-refractivity contribution in [1.82, 2.24) is 9.97 Å². The van der Waals surface area contributed by atoms with E-state index in [0.717, 1.165) is 24.0 Å². The Morgan fingerprint density at radius 3 is 2.48 bits per heavy atom. The van der Waals surface area contributed by atoms with Crippen molar-refractivity contribution >= 4 is 17.7 Å². The van der Waals surface area contributed by atoms with Crippen LogP contribution in [0.3, 0.4) is 0 Å². The summed E-state index contributed by atoms with van der Waals surface area (Å²) in [6.07, 6.45) is -3.70. The number of carboxylic acid groups (broad SMARTS) is 1. The van der Waals surface area contributed by atoms with Crippen LogP contribution in [0.15, 0.2) is 40.5 Å². The summed E-state index contributed by atoms with van der Waals surface area (Å²) >= 11 is 1.000. The Morgan fingerprint density at radius 2 is 1.95 bits per heavy atom. The molecule has 110 valence electrons. The first kappa shape index (κ1) is 15.3. The smallest absolute Gasteiger partial charge is 0.417 e. The van der Waals surface area contributed by atoms with Gasteiger partial charge in [0.1, 0.15) is 10.1 Å². The standard InChI is InChI=1S/C13H9F3N2O2S/c1-7-4-8(12(19)20)5-11(18-7)21-10-3-2-9(6-17-10)13(14,15)16/h2-6H,1H3,(H,19,20). The van der Waals surface area contributed by atoms with Crippen LogP contribution in [-0.2, 0) is 6.18 Å². The number of aromatic carboxylic acids is 1. The van der Waals surface area contributed by atoms with Crippen LogP contribution in [0.2, 0.25) is 0 Å². The summed E-state index contributed by atoms with van der Waals surface area (Å²) in [4.78, 5) is 18.8. The summed E-state index contributed by atoms with van der Waals surface area (Å²) < 4.78 is 37.3. The number of aromatic nitrogens is 2. The Labute approximate surface area is 122 Å². The van der Waals surface area contributed by atoms with Crippen LogP contribution in [0.25, 0.3) is 0 Å². The summed E-state index contributed by atoms with van der Waals surface area (Å²) in [6, 6.07) is 4.90. The molecule has 0 amide bonds. The molecular formula is C13H9F3N2O2S. The predicted molar refractivity (Wildman–Crippen MR) is 69.3 cm³/mol. The molecule has 1 N–H and O–H groups in total. The van der Waals surface area contributed by atoms with Crippen molar-refractivity contribution in [3.8, 4) is 0 Å². The van der Waals surface area contributed by atoms with Crippen molar-refractivity contribution in [2.24, 2.45) is 0 Å². The number of pyridine rings is 2. The number of nitrogens with zero attached hydrogens (tertiary/aromatic N) is 2. The number of hydrogen-bond acceptors (Lipinski definition) is 4. The molecule has 2 aromatic rings. The number of halogens is 3. The lowest BCUT2D eigenvalue weighted by Crippen LogP contribution is -2.05. The Hall–Kier alpha value is -2.09. The van der Waals surface area contributed by atoms with Crippen LogP contribution in [-0.4, -0.2) is 21.0 Å². The van der Waals surface area contributed by atoms with E-state index in [1.54, 1.807) is 6.92 Å². The molecule has 0 atom stereocenters. The van der Waals surface area contributed by atoms with Gasteiger partial charge in [-0.05, 0) is 31.2 Å². The van der Waals surface area contributed by atoms with Gasteiger partial charge in [-0.15, -0.1) is 0 Å². The maximum atomic E-state index is 12.4. The second-order valence-electron chi connectivity index (χ2n) is 4.13. The lowest BCUT2D eigenvalue weighted by molar-refractivity contribution is -0.137. The van der Waals surface area contributed by atoms with Crippen LogP contribution < -0.4 is 0 Å². The molecule has 0 saturated carbocycles. The van der Waals surface area contributed by atoms with Gasteiger partial charge in [-0.25, -0.2) is 14.8 Å². The Morgan fingerprint density at radius 1 is 1.24 bits per heavy atom.